The standard InChI is InChI=1S/C13H14BrNO3/c1-17-12-5-10(6-15-8-16)4-11(14)13(12)18-7-9-2-3-9/h4-5,9H,2-3,6-7H2,1H3. The van der Waals surface area contributed by atoms with E-state index in [0.29, 0.717) is 24.0 Å². The molecular weight excluding hydrogens is 298 g/mol. The van der Waals surface area contributed by atoms with Crippen molar-refractivity contribution in [3.63, 3.8) is 0 Å². The molecule has 1 fully saturated rings. The van der Waals surface area contributed by atoms with Crippen LogP contribution in [-0.2, 0) is 11.3 Å². The zero-order valence-corrected chi connectivity index (χ0v) is 11.7. The highest BCUT2D eigenvalue weighted by Gasteiger charge is 2.23. The largest absolute Gasteiger partial charge is 0.493 e. The lowest BCUT2D eigenvalue weighted by Gasteiger charge is -2.13. The Morgan fingerprint density at radius 1 is 1.50 bits per heavy atom. The van der Waals surface area contributed by atoms with E-state index in [2.05, 4.69) is 20.9 Å². The van der Waals surface area contributed by atoms with Gasteiger partial charge >= 0.3 is 0 Å². The number of aliphatic imine (C=N–C) groups is 1. The van der Waals surface area contributed by atoms with E-state index >= 15 is 0 Å². The number of ether oxygens (including phenoxy) is 2. The summed E-state index contributed by atoms with van der Waals surface area (Å²) in [6.07, 6.45) is 4.01. The Kier molecular flexibility index (Phi) is 4.39. The van der Waals surface area contributed by atoms with Crippen molar-refractivity contribution < 1.29 is 14.3 Å². The molecule has 0 amide bonds. The Hall–Kier alpha value is -1.32. The molecule has 2 rings (SSSR count). The Morgan fingerprint density at radius 3 is 2.89 bits per heavy atom. The molecule has 0 aliphatic heterocycles. The lowest BCUT2D eigenvalue weighted by molar-refractivity contribution is 0.278. The number of nitrogens with zero attached hydrogens (tertiary/aromatic N) is 1. The van der Waals surface area contributed by atoms with Gasteiger partial charge in [0, 0.05) is 0 Å². The quantitative estimate of drug-likeness (QED) is 0.599. The molecule has 0 heterocycles. The second kappa shape index (κ2) is 6.03. The monoisotopic (exact) mass is 311 g/mol. The van der Waals surface area contributed by atoms with E-state index in [1.165, 1.54) is 18.9 Å². The Bertz CT molecular complexity index is 479. The van der Waals surface area contributed by atoms with Crippen molar-refractivity contribution in [2.24, 2.45) is 10.9 Å². The van der Waals surface area contributed by atoms with Crippen LogP contribution >= 0.6 is 15.9 Å². The fourth-order valence-electron chi connectivity index (χ4n) is 1.61. The molecule has 0 atom stereocenters. The first-order chi connectivity index (χ1) is 8.74. The first-order valence-electron chi connectivity index (χ1n) is 5.77. The number of rotatable bonds is 6. The first kappa shape index (κ1) is 13.1. The van der Waals surface area contributed by atoms with E-state index in [1.54, 1.807) is 7.11 Å². The molecule has 1 aliphatic rings. The van der Waals surface area contributed by atoms with E-state index in [-0.39, 0.29) is 0 Å². The highest BCUT2D eigenvalue weighted by molar-refractivity contribution is 9.10. The highest BCUT2D eigenvalue weighted by atomic mass is 79.9. The molecule has 1 aromatic rings. The number of hydrogen-bond donors (Lipinski definition) is 0. The van der Waals surface area contributed by atoms with Crippen molar-refractivity contribution in [1.29, 1.82) is 0 Å². The molecule has 0 radical (unpaired) electrons. The maximum Gasteiger partial charge on any atom is 0.235 e. The number of hydrogen-bond acceptors (Lipinski definition) is 4. The van der Waals surface area contributed by atoms with Crippen LogP contribution < -0.4 is 9.47 Å². The van der Waals surface area contributed by atoms with Gasteiger partial charge in [-0.15, -0.1) is 0 Å². The zero-order chi connectivity index (χ0) is 13.0. The maximum absolute atomic E-state index is 10.1. The third kappa shape index (κ3) is 3.34. The van der Waals surface area contributed by atoms with Crippen molar-refractivity contribution in [1.82, 2.24) is 0 Å². The van der Waals surface area contributed by atoms with Gasteiger partial charge in [-0.25, -0.2) is 9.79 Å². The SMILES string of the molecule is COc1cc(CN=C=O)cc(Br)c1OCC1CC1. The van der Waals surface area contributed by atoms with E-state index < -0.39 is 0 Å². The summed E-state index contributed by atoms with van der Waals surface area (Å²) in [5.74, 6) is 2.05. The minimum atomic E-state index is 0.293. The molecule has 0 spiro atoms. The molecular formula is C13H14BrNO3. The number of isocyanates is 1. The van der Waals surface area contributed by atoms with Gasteiger partial charge in [0.15, 0.2) is 11.5 Å². The normalized spacial score (nSPS) is 13.9. The lowest BCUT2D eigenvalue weighted by Crippen LogP contribution is -2.02. The summed E-state index contributed by atoms with van der Waals surface area (Å²) >= 11 is 3.46. The Morgan fingerprint density at radius 2 is 2.28 bits per heavy atom. The maximum atomic E-state index is 10.1. The van der Waals surface area contributed by atoms with Crippen LogP contribution in [0.4, 0.5) is 0 Å². The molecule has 18 heavy (non-hydrogen) atoms. The van der Waals surface area contributed by atoms with Gasteiger partial charge in [0.1, 0.15) is 0 Å². The minimum absolute atomic E-state index is 0.293. The van der Waals surface area contributed by atoms with Crippen molar-refractivity contribution in [3.05, 3.63) is 22.2 Å². The van der Waals surface area contributed by atoms with Crippen molar-refractivity contribution in [2.75, 3.05) is 13.7 Å². The van der Waals surface area contributed by atoms with Crippen LogP contribution in [0.5, 0.6) is 11.5 Å². The van der Waals surface area contributed by atoms with Crippen LogP contribution in [0.1, 0.15) is 18.4 Å². The molecule has 4 nitrogen and oxygen atoms in total. The molecule has 96 valence electrons. The van der Waals surface area contributed by atoms with Gasteiger partial charge in [-0.2, -0.15) is 0 Å². The van der Waals surface area contributed by atoms with Crippen LogP contribution in [-0.4, -0.2) is 19.8 Å². The molecule has 1 saturated carbocycles. The van der Waals surface area contributed by atoms with Crippen LogP contribution in [0, 0.1) is 5.92 Å². The van der Waals surface area contributed by atoms with Gasteiger partial charge in [-0.05, 0) is 52.4 Å². The van der Waals surface area contributed by atoms with Crippen molar-refractivity contribution in [2.45, 2.75) is 19.4 Å². The fraction of sp³-hybridized carbons (Fsp3) is 0.462. The summed E-state index contributed by atoms with van der Waals surface area (Å²) in [5, 5.41) is 0. The number of benzene rings is 1. The molecule has 0 bridgehead atoms. The molecule has 1 aliphatic carbocycles. The van der Waals surface area contributed by atoms with Crippen molar-refractivity contribution >= 4 is 22.0 Å². The number of methoxy groups -OCH3 is 1. The smallest absolute Gasteiger partial charge is 0.235 e. The predicted molar refractivity (Wildman–Crippen MR) is 70.7 cm³/mol. The average Bonchev–Trinajstić information content (AvgIpc) is 3.18. The summed E-state index contributed by atoms with van der Waals surface area (Å²) in [6, 6.07) is 3.71. The molecule has 1 aromatic carbocycles. The zero-order valence-electron chi connectivity index (χ0n) is 10.1. The van der Waals surface area contributed by atoms with E-state index in [1.807, 2.05) is 12.1 Å². The third-order valence-electron chi connectivity index (χ3n) is 2.78. The van der Waals surface area contributed by atoms with Crippen LogP contribution in [0.25, 0.3) is 0 Å². The second-order valence-electron chi connectivity index (χ2n) is 4.27. The molecule has 0 unspecified atom stereocenters. The van der Waals surface area contributed by atoms with E-state index in [9.17, 15) is 4.79 Å². The third-order valence-corrected chi connectivity index (χ3v) is 3.36. The topological polar surface area (TPSA) is 47.9 Å². The molecule has 0 N–H and O–H groups in total. The summed E-state index contributed by atoms with van der Waals surface area (Å²) in [4.78, 5) is 13.7. The van der Waals surface area contributed by atoms with Gasteiger partial charge in [-0.1, -0.05) is 0 Å². The fourth-order valence-corrected chi connectivity index (χ4v) is 2.22. The molecule has 0 aromatic heterocycles. The number of carbonyl (C=O) groups excluding carboxylic acids is 1. The minimum Gasteiger partial charge on any atom is -0.493 e. The van der Waals surface area contributed by atoms with Gasteiger partial charge in [0.25, 0.3) is 0 Å². The summed E-state index contributed by atoms with van der Waals surface area (Å²) < 4.78 is 11.9. The summed E-state index contributed by atoms with van der Waals surface area (Å²) in [7, 11) is 1.60. The van der Waals surface area contributed by atoms with Gasteiger partial charge in [0.2, 0.25) is 6.08 Å². The second-order valence-corrected chi connectivity index (χ2v) is 5.13. The molecule has 0 saturated heterocycles. The van der Waals surface area contributed by atoms with Gasteiger partial charge in [-0.3, -0.25) is 0 Å². The lowest BCUT2D eigenvalue weighted by atomic mass is 10.2. The van der Waals surface area contributed by atoms with E-state index in [0.717, 1.165) is 16.6 Å². The van der Waals surface area contributed by atoms with Crippen LogP contribution in [0.3, 0.4) is 0 Å². The average molecular weight is 312 g/mol. The number of halogens is 1. The Balaban J connectivity index is 2.18. The van der Waals surface area contributed by atoms with Crippen LogP contribution in [0.15, 0.2) is 21.6 Å². The first-order valence-corrected chi connectivity index (χ1v) is 6.56. The summed E-state index contributed by atoms with van der Waals surface area (Å²) in [6.45, 7) is 1.02. The van der Waals surface area contributed by atoms with E-state index in [4.69, 9.17) is 9.47 Å². The van der Waals surface area contributed by atoms with Gasteiger partial charge in [0.05, 0.1) is 24.7 Å². The highest BCUT2D eigenvalue weighted by Crippen LogP contribution is 2.38. The van der Waals surface area contributed by atoms with Crippen molar-refractivity contribution in [3.8, 4) is 11.5 Å². The summed E-state index contributed by atoms with van der Waals surface area (Å²) in [5.41, 5.74) is 0.876. The predicted octanol–water partition coefficient (Wildman–Crippen LogP) is 3.08. The van der Waals surface area contributed by atoms with Crippen LogP contribution in [0.2, 0.25) is 0 Å². The Labute approximate surface area is 114 Å². The molecule has 5 heteroatoms. The van der Waals surface area contributed by atoms with Gasteiger partial charge < -0.3 is 9.47 Å².